The Morgan fingerprint density at radius 3 is 2.88 bits per heavy atom. The van der Waals surface area contributed by atoms with Gasteiger partial charge >= 0.3 is 0 Å². The van der Waals surface area contributed by atoms with Gasteiger partial charge in [-0.2, -0.15) is 0 Å². The van der Waals surface area contributed by atoms with Crippen LogP contribution in [0.4, 0.5) is 0 Å². The molecule has 34 heavy (non-hydrogen) atoms. The zero-order valence-corrected chi connectivity index (χ0v) is 20.5. The summed E-state index contributed by atoms with van der Waals surface area (Å²) >= 11 is 7.51. The summed E-state index contributed by atoms with van der Waals surface area (Å²) in [5, 5.41) is 17.8. The molecule has 2 amide bonds. The van der Waals surface area contributed by atoms with Crippen molar-refractivity contribution in [3.63, 3.8) is 0 Å². The van der Waals surface area contributed by atoms with E-state index in [-0.39, 0.29) is 36.4 Å². The third-order valence-corrected chi connectivity index (χ3v) is 8.11. The number of nitrogens with zero attached hydrogens (tertiary/aromatic N) is 2. The van der Waals surface area contributed by atoms with Gasteiger partial charge in [0.2, 0.25) is 0 Å². The zero-order valence-electron chi connectivity index (χ0n) is 18.9. The highest BCUT2D eigenvalue weighted by Crippen LogP contribution is 2.28. The van der Waals surface area contributed by atoms with Gasteiger partial charge in [0.15, 0.2) is 5.01 Å². The Kier molecular flexibility index (Phi) is 6.61. The predicted molar refractivity (Wildman–Crippen MR) is 132 cm³/mol. The van der Waals surface area contributed by atoms with E-state index in [1.54, 1.807) is 12.1 Å². The van der Waals surface area contributed by atoms with Crippen LogP contribution in [0.15, 0.2) is 24.3 Å². The van der Waals surface area contributed by atoms with E-state index < -0.39 is 0 Å². The van der Waals surface area contributed by atoms with Crippen molar-refractivity contribution in [3.05, 3.63) is 50.6 Å². The summed E-state index contributed by atoms with van der Waals surface area (Å²) in [6.07, 6.45) is 2.91. The molecule has 5 rings (SSSR count). The number of aromatic nitrogens is 2. The molecule has 3 aromatic rings. The standard InChI is InChI=1S/C24H28ClN5O3S/c1-30-7-6-18-21(11-30)34-24(29-18)23(33)28-19-8-13(12-31)2-4-17(19)27-22(32)20-10-14-9-15(25)3-5-16(14)26-20/h3,5,9-10,13,17,19,26,31H,2,4,6-8,11-12H2,1H3,(H,27,32)(H,28,33). The van der Waals surface area contributed by atoms with Gasteiger partial charge in [0.05, 0.1) is 5.69 Å². The Bertz CT molecular complexity index is 1220. The van der Waals surface area contributed by atoms with Crippen LogP contribution in [0.5, 0.6) is 0 Å². The van der Waals surface area contributed by atoms with E-state index in [1.807, 2.05) is 12.1 Å². The Morgan fingerprint density at radius 1 is 1.24 bits per heavy atom. The van der Waals surface area contributed by atoms with E-state index in [1.165, 1.54) is 11.3 Å². The van der Waals surface area contributed by atoms with Crippen LogP contribution in [0.2, 0.25) is 5.02 Å². The van der Waals surface area contributed by atoms with Gasteiger partial charge in [0, 0.05) is 59.0 Å². The first kappa shape index (κ1) is 23.3. The molecule has 0 bridgehead atoms. The van der Waals surface area contributed by atoms with E-state index in [4.69, 9.17) is 11.6 Å². The molecule has 1 fully saturated rings. The van der Waals surface area contributed by atoms with Crippen molar-refractivity contribution in [3.8, 4) is 0 Å². The number of amides is 2. The number of aliphatic hydroxyl groups is 1. The Labute approximate surface area is 206 Å². The van der Waals surface area contributed by atoms with Gasteiger partial charge in [0.25, 0.3) is 11.8 Å². The fraction of sp³-hybridized carbons (Fsp3) is 0.458. The Balaban J connectivity index is 1.30. The second-order valence-corrected chi connectivity index (χ2v) is 10.8. The van der Waals surface area contributed by atoms with Gasteiger partial charge < -0.3 is 25.6 Å². The maximum atomic E-state index is 13.1. The average molecular weight is 502 g/mol. The molecule has 10 heteroatoms. The van der Waals surface area contributed by atoms with E-state index in [2.05, 4.69) is 32.5 Å². The second-order valence-electron chi connectivity index (χ2n) is 9.31. The van der Waals surface area contributed by atoms with Crippen molar-refractivity contribution in [1.82, 2.24) is 25.5 Å². The molecule has 3 unspecified atom stereocenters. The first-order chi connectivity index (χ1) is 16.4. The molecular formula is C24H28ClN5O3S. The third kappa shape index (κ3) is 4.84. The van der Waals surface area contributed by atoms with Crippen LogP contribution < -0.4 is 10.6 Å². The quantitative estimate of drug-likeness (QED) is 0.429. The van der Waals surface area contributed by atoms with Crippen LogP contribution in [-0.2, 0) is 13.0 Å². The van der Waals surface area contributed by atoms with Gasteiger partial charge in [-0.3, -0.25) is 9.59 Å². The van der Waals surface area contributed by atoms with E-state index >= 15 is 0 Å². The highest BCUT2D eigenvalue weighted by atomic mass is 35.5. The number of likely N-dealkylation sites (N-methyl/N-ethyl adjacent to an activating group) is 1. The molecule has 1 aromatic carbocycles. The number of halogens is 1. The van der Waals surface area contributed by atoms with E-state index in [0.717, 1.165) is 47.4 Å². The zero-order chi connectivity index (χ0) is 23.8. The molecule has 180 valence electrons. The molecule has 8 nitrogen and oxygen atoms in total. The molecule has 0 spiro atoms. The van der Waals surface area contributed by atoms with E-state index in [9.17, 15) is 14.7 Å². The fourth-order valence-corrected chi connectivity index (χ4v) is 6.15. The van der Waals surface area contributed by atoms with Crippen molar-refractivity contribution in [2.45, 2.75) is 44.3 Å². The molecule has 2 aliphatic rings. The Morgan fingerprint density at radius 2 is 2.06 bits per heavy atom. The maximum absolute atomic E-state index is 13.1. The number of rotatable bonds is 5. The number of H-pyrrole nitrogens is 1. The minimum absolute atomic E-state index is 0.0632. The predicted octanol–water partition coefficient (Wildman–Crippen LogP) is 2.96. The lowest BCUT2D eigenvalue weighted by Crippen LogP contribution is -2.55. The molecule has 2 aromatic heterocycles. The molecule has 3 atom stereocenters. The van der Waals surface area contributed by atoms with Crippen LogP contribution in [0.3, 0.4) is 0 Å². The fourth-order valence-electron chi connectivity index (χ4n) is 4.88. The Hall–Kier alpha value is -2.46. The number of aliphatic hydroxyl groups excluding tert-OH is 1. The second kappa shape index (κ2) is 9.65. The van der Waals surface area contributed by atoms with Crippen LogP contribution in [-0.4, -0.2) is 64.1 Å². The molecule has 1 aliphatic carbocycles. The first-order valence-corrected chi connectivity index (χ1v) is 12.8. The lowest BCUT2D eigenvalue weighted by molar-refractivity contribution is 0.0815. The largest absolute Gasteiger partial charge is 0.396 e. The molecule has 0 radical (unpaired) electrons. The van der Waals surface area contributed by atoms with Gasteiger partial charge in [-0.1, -0.05) is 11.6 Å². The van der Waals surface area contributed by atoms with Crippen LogP contribution in [0, 0.1) is 5.92 Å². The third-order valence-electron chi connectivity index (χ3n) is 6.79. The van der Waals surface area contributed by atoms with E-state index in [0.29, 0.717) is 28.6 Å². The summed E-state index contributed by atoms with van der Waals surface area (Å²) in [6, 6.07) is 6.68. The minimum Gasteiger partial charge on any atom is -0.396 e. The molecule has 0 saturated heterocycles. The van der Waals surface area contributed by atoms with Gasteiger partial charge in [-0.05, 0) is 56.5 Å². The van der Waals surface area contributed by atoms with Gasteiger partial charge in [0.1, 0.15) is 5.69 Å². The number of aromatic amines is 1. The average Bonchev–Trinajstić information content (AvgIpc) is 3.43. The first-order valence-electron chi connectivity index (χ1n) is 11.6. The number of benzene rings is 1. The number of hydrogen-bond donors (Lipinski definition) is 4. The van der Waals surface area contributed by atoms with Crippen LogP contribution in [0.1, 0.15) is 50.1 Å². The monoisotopic (exact) mass is 501 g/mol. The van der Waals surface area contributed by atoms with Gasteiger partial charge in [-0.25, -0.2) is 4.98 Å². The van der Waals surface area contributed by atoms with Crippen molar-refractivity contribution in [1.29, 1.82) is 0 Å². The SMILES string of the molecule is CN1CCc2nc(C(=O)NC3CC(CO)CCC3NC(=O)c3cc4cc(Cl)ccc4[nH]3)sc2C1. The molecule has 4 N–H and O–H groups in total. The summed E-state index contributed by atoms with van der Waals surface area (Å²) in [6.45, 7) is 1.81. The van der Waals surface area contributed by atoms with Crippen molar-refractivity contribution in [2.75, 3.05) is 20.2 Å². The summed E-state index contributed by atoms with van der Waals surface area (Å²) in [5.41, 5.74) is 2.29. The minimum atomic E-state index is -0.287. The van der Waals surface area contributed by atoms with Crippen molar-refractivity contribution < 1.29 is 14.7 Å². The van der Waals surface area contributed by atoms with Crippen LogP contribution >= 0.6 is 22.9 Å². The topological polar surface area (TPSA) is 110 Å². The number of fused-ring (bicyclic) bond motifs is 2. The summed E-state index contributed by atoms with van der Waals surface area (Å²) in [4.78, 5) is 37.2. The molecule has 1 aliphatic heterocycles. The number of nitrogens with one attached hydrogen (secondary N) is 3. The molecular weight excluding hydrogens is 474 g/mol. The molecule has 3 heterocycles. The highest BCUT2D eigenvalue weighted by molar-refractivity contribution is 7.13. The number of carbonyl (C=O) groups excluding carboxylic acids is 2. The number of hydrogen-bond acceptors (Lipinski definition) is 6. The van der Waals surface area contributed by atoms with Crippen LogP contribution in [0.25, 0.3) is 10.9 Å². The normalized spacial score (nSPS) is 23.0. The summed E-state index contributed by atoms with van der Waals surface area (Å²) in [7, 11) is 2.06. The van der Waals surface area contributed by atoms with Crippen molar-refractivity contribution >= 4 is 45.7 Å². The number of thiazole rings is 1. The smallest absolute Gasteiger partial charge is 0.280 e. The summed E-state index contributed by atoms with van der Waals surface area (Å²) in [5.74, 6) is -0.358. The van der Waals surface area contributed by atoms with Crippen molar-refractivity contribution in [2.24, 2.45) is 5.92 Å². The van der Waals surface area contributed by atoms with Gasteiger partial charge in [-0.15, -0.1) is 11.3 Å². The lowest BCUT2D eigenvalue weighted by Gasteiger charge is -2.36. The lowest BCUT2D eigenvalue weighted by atomic mass is 9.82. The summed E-state index contributed by atoms with van der Waals surface area (Å²) < 4.78 is 0. The molecule has 1 saturated carbocycles. The maximum Gasteiger partial charge on any atom is 0.280 e. The number of carbonyl (C=O) groups is 2. The highest BCUT2D eigenvalue weighted by Gasteiger charge is 2.34.